The van der Waals surface area contributed by atoms with E-state index >= 15 is 0 Å². The molecule has 1 amide bonds. The lowest BCUT2D eigenvalue weighted by Crippen LogP contribution is -2.59. The Bertz CT molecular complexity index is 416. The van der Waals surface area contributed by atoms with Crippen LogP contribution in [0, 0.1) is 0 Å². The van der Waals surface area contributed by atoms with Gasteiger partial charge in [0.2, 0.25) is 5.91 Å². The highest BCUT2D eigenvalue weighted by Crippen LogP contribution is 2.46. The summed E-state index contributed by atoms with van der Waals surface area (Å²) < 4.78 is 0. The predicted octanol–water partition coefficient (Wildman–Crippen LogP) is 2.30. The third-order valence-electron chi connectivity index (χ3n) is 3.85. The average molecular weight is 201 g/mol. The number of fused-ring (bicyclic) bond motifs is 2. The molecule has 2 heteroatoms. The largest absolute Gasteiger partial charge is 0.346 e. The molecule has 1 fully saturated rings. The van der Waals surface area contributed by atoms with E-state index in [2.05, 4.69) is 36.5 Å². The van der Waals surface area contributed by atoms with Crippen molar-refractivity contribution in [3.63, 3.8) is 0 Å². The van der Waals surface area contributed by atoms with E-state index in [9.17, 15) is 4.79 Å². The highest BCUT2D eigenvalue weighted by Gasteiger charge is 2.47. The molecule has 2 nitrogen and oxygen atoms in total. The molecule has 0 saturated carbocycles. The summed E-state index contributed by atoms with van der Waals surface area (Å²) in [6.07, 6.45) is 2.95. The highest BCUT2D eigenvalue weighted by molar-refractivity contribution is 5.85. The second-order valence-electron chi connectivity index (χ2n) is 4.83. The minimum atomic E-state index is -0.0137. The van der Waals surface area contributed by atoms with Crippen LogP contribution in [-0.2, 0) is 10.3 Å². The van der Waals surface area contributed by atoms with Crippen LogP contribution in [0.5, 0.6) is 0 Å². The second-order valence-corrected chi connectivity index (χ2v) is 4.83. The molecule has 1 saturated heterocycles. The van der Waals surface area contributed by atoms with Crippen molar-refractivity contribution in [2.75, 3.05) is 0 Å². The molecule has 1 aliphatic carbocycles. The minimum Gasteiger partial charge on any atom is -0.346 e. The van der Waals surface area contributed by atoms with Crippen molar-refractivity contribution in [1.29, 1.82) is 0 Å². The normalized spacial score (nSPS) is 33.1. The zero-order valence-corrected chi connectivity index (χ0v) is 8.92. The molecule has 1 heterocycles. The Morgan fingerprint density at radius 3 is 2.87 bits per heavy atom. The van der Waals surface area contributed by atoms with Crippen LogP contribution in [0.1, 0.15) is 43.2 Å². The number of carbonyl (C=O) groups is 1. The Morgan fingerprint density at radius 1 is 1.40 bits per heavy atom. The average Bonchev–Trinajstić information content (AvgIpc) is 2.21. The number of amides is 1. The summed E-state index contributed by atoms with van der Waals surface area (Å²) in [4.78, 5) is 11.2. The molecule has 0 radical (unpaired) electrons. The summed E-state index contributed by atoms with van der Waals surface area (Å²) in [5, 5.41) is 3.10. The van der Waals surface area contributed by atoms with Crippen LogP contribution in [0.15, 0.2) is 24.3 Å². The SMILES string of the molecule is CC1CCC2(CC(=O)N2)c2ccccc21. The van der Waals surface area contributed by atoms with Gasteiger partial charge in [0.05, 0.1) is 12.0 Å². The molecule has 1 aliphatic heterocycles. The molecule has 15 heavy (non-hydrogen) atoms. The summed E-state index contributed by atoms with van der Waals surface area (Å²) >= 11 is 0. The van der Waals surface area contributed by atoms with Crippen LogP contribution >= 0.6 is 0 Å². The van der Waals surface area contributed by atoms with Gasteiger partial charge in [0.15, 0.2) is 0 Å². The molecule has 2 atom stereocenters. The first-order valence-electron chi connectivity index (χ1n) is 5.62. The maximum atomic E-state index is 11.2. The standard InChI is InChI=1S/C13H15NO/c1-9-6-7-13(8-12(15)14-13)11-5-3-2-4-10(9)11/h2-5,9H,6-8H2,1H3,(H,14,15). The van der Waals surface area contributed by atoms with E-state index < -0.39 is 0 Å². The fourth-order valence-corrected chi connectivity index (χ4v) is 2.95. The lowest BCUT2D eigenvalue weighted by molar-refractivity contribution is -0.133. The molecule has 1 aromatic carbocycles. The fourth-order valence-electron chi connectivity index (χ4n) is 2.95. The number of carbonyl (C=O) groups excluding carboxylic acids is 1. The van der Waals surface area contributed by atoms with Gasteiger partial charge in [0, 0.05) is 0 Å². The van der Waals surface area contributed by atoms with Crippen molar-refractivity contribution in [2.45, 2.75) is 37.6 Å². The van der Waals surface area contributed by atoms with Crippen molar-refractivity contribution in [3.8, 4) is 0 Å². The molecular formula is C13H15NO. The molecular weight excluding hydrogens is 186 g/mol. The van der Waals surface area contributed by atoms with E-state index in [0.717, 1.165) is 6.42 Å². The Morgan fingerprint density at radius 2 is 2.13 bits per heavy atom. The van der Waals surface area contributed by atoms with Crippen molar-refractivity contribution in [3.05, 3.63) is 35.4 Å². The van der Waals surface area contributed by atoms with Gasteiger partial charge in [-0.05, 0) is 29.9 Å². The van der Waals surface area contributed by atoms with Gasteiger partial charge < -0.3 is 5.32 Å². The Hall–Kier alpha value is -1.31. The van der Waals surface area contributed by atoms with Crippen LogP contribution in [-0.4, -0.2) is 5.91 Å². The van der Waals surface area contributed by atoms with Gasteiger partial charge in [-0.2, -0.15) is 0 Å². The second kappa shape index (κ2) is 2.84. The first-order valence-corrected chi connectivity index (χ1v) is 5.62. The maximum absolute atomic E-state index is 11.2. The van der Waals surface area contributed by atoms with E-state index in [1.165, 1.54) is 17.5 Å². The predicted molar refractivity (Wildman–Crippen MR) is 58.5 cm³/mol. The van der Waals surface area contributed by atoms with Crippen molar-refractivity contribution >= 4 is 5.91 Å². The fraction of sp³-hybridized carbons (Fsp3) is 0.462. The van der Waals surface area contributed by atoms with Crippen LogP contribution in [0.2, 0.25) is 0 Å². The van der Waals surface area contributed by atoms with Crippen LogP contribution in [0.25, 0.3) is 0 Å². The van der Waals surface area contributed by atoms with E-state index in [4.69, 9.17) is 0 Å². The number of hydrogen-bond acceptors (Lipinski definition) is 1. The summed E-state index contributed by atoms with van der Waals surface area (Å²) in [5.41, 5.74) is 2.76. The quantitative estimate of drug-likeness (QED) is 0.641. The Kier molecular flexibility index (Phi) is 1.70. The third kappa shape index (κ3) is 1.14. The number of β-lactam (4-membered cyclic amide) rings is 1. The number of rotatable bonds is 0. The van der Waals surface area contributed by atoms with Crippen molar-refractivity contribution < 1.29 is 4.79 Å². The van der Waals surface area contributed by atoms with Gasteiger partial charge in [-0.25, -0.2) is 0 Å². The van der Waals surface area contributed by atoms with E-state index in [0.29, 0.717) is 12.3 Å². The summed E-state index contributed by atoms with van der Waals surface area (Å²) in [7, 11) is 0. The van der Waals surface area contributed by atoms with Crippen molar-refractivity contribution in [1.82, 2.24) is 5.32 Å². The molecule has 0 bridgehead atoms. The van der Waals surface area contributed by atoms with Crippen LogP contribution in [0.4, 0.5) is 0 Å². The van der Waals surface area contributed by atoms with Gasteiger partial charge in [0.25, 0.3) is 0 Å². The first kappa shape index (κ1) is 8.96. The summed E-state index contributed by atoms with van der Waals surface area (Å²) in [5.74, 6) is 0.823. The molecule has 2 aliphatic rings. The van der Waals surface area contributed by atoms with Gasteiger partial charge in [-0.15, -0.1) is 0 Å². The zero-order chi connectivity index (χ0) is 10.5. The lowest BCUT2D eigenvalue weighted by Gasteiger charge is -2.47. The van der Waals surface area contributed by atoms with Gasteiger partial charge in [0.1, 0.15) is 0 Å². The summed E-state index contributed by atoms with van der Waals surface area (Å²) in [6.45, 7) is 2.27. The molecule has 1 spiro atoms. The zero-order valence-electron chi connectivity index (χ0n) is 8.92. The molecule has 2 unspecified atom stereocenters. The summed E-state index contributed by atoms with van der Waals surface area (Å²) in [6, 6.07) is 8.54. The van der Waals surface area contributed by atoms with E-state index in [-0.39, 0.29) is 11.4 Å². The van der Waals surface area contributed by atoms with Gasteiger partial charge in [-0.3, -0.25) is 4.79 Å². The minimum absolute atomic E-state index is 0.0137. The molecule has 0 aromatic heterocycles. The number of benzene rings is 1. The van der Waals surface area contributed by atoms with Crippen molar-refractivity contribution in [2.24, 2.45) is 0 Å². The van der Waals surface area contributed by atoms with E-state index in [1.807, 2.05) is 0 Å². The Labute approximate surface area is 89.7 Å². The Balaban J connectivity index is 2.09. The van der Waals surface area contributed by atoms with Crippen LogP contribution in [0.3, 0.4) is 0 Å². The maximum Gasteiger partial charge on any atom is 0.223 e. The number of nitrogens with one attached hydrogen (secondary N) is 1. The smallest absolute Gasteiger partial charge is 0.223 e. The van der Waals surface area contributed by atoms with Gasteiger partial charge in [-0.1, -0.05) is 31.2 Å². The lowest BCUT2D eigenvalue weighted by atomic mass is 9.67. The van der Waals surface area contributed by atoms with E-state index in [1.54, 1.807) is 0 Å². The monoisotopic (exact) mass is 201 g/mol. The molecule has 78 valence electrons. The number of hydrogen-bond donors (Lipinski definition) is 1. The van der Waals surface area contributed by atoms with Crippen LogP contribution < -0.4 is 5.32 Å². The molecule has 1 aromatic rings. The first-order chi connectivity index (χ1) is 7.21. The molecule has 3 rings (SSSR count). The van der Waals surface area contributed by atoms with Gasteiger partial charge >= 0.3 is 0 Å². The molecule has 1 N–H and O–H groups in total. The highest BCUT2D eigenvalue weighted by atomic mass is 16.2. The third-order valence-corrected chi connectivity index (χ3v) is 3.85. The topological polar surface area (TPSA) is 29.1 Å².